The van der Waals surface area contributed by atoms with Crippen LogP contribution in [0.4, 0.5) is 0 Å². The molecule has 29 heavy (non-hydrogen) atoms. The minimum atomic E-state index is -0.890. The minimum Gasteiger partial charge on any atom is -0.493 e. The third-order valence-corrected chi connectivity index (χ3v) is 5.92. The quantitative estimate of drug-likeness (QED) is 0.442. The summed E-state index contributed by atoms with van der Waals surface area (Å²) in [4.78, 5) is 11.4. The number of thioether (sulfide) groups is 1. The van der Waals surface area contributed by atoms with E-state index >= 15 is 0 Å². The fourth-order valence-electron chi connectivity index (χ4n) is 2.59. The summed E-state index contributed by atoms with van der Waals surface area (Å²) < 4.78 is 11.2. The maximum absolute atomic E-state index is 11.4. The van der Waals surface area contributed by atoms with Gasteiger partial charge in [0.1, 0.15) is 12.6 Å². The van der Waals surface area contributed by atoms with Gasteiger partial charge in [-0.05, 0) is 42.2 Å². The zero-order valence-electron chi connectivity index (χ0n) is 16.0. The summed E-state index contributed by atoms with van der Waals surface area (Å²) >= 11 is 20.3. The lowest BCUT2D eigenvalue weighted by atomic mass is 10.1. The van der Waals surface area contributed by atoms with Crippen LogP contribution in [0, 0.1) is 0 Å². The molecular formula is C20H22Cl3NO4S. The van der Waals surface area contributed by atoms with Crippen LogP contribution in [0.25, 0.3) is 0 Å². The van der Waals surface area contributed by atoms with Crippen LogP contribution in [0.3, 0.4) is 0 Å². The number of rotatable bonds is 11. The third kappa shape index (κ3) is 6.86. The predicted octanol–water partition coefficient (Wildman–Crippen LogP) is 5.53. The van der Waals surface area contributed by atoms with Gasteiger partial charge in [0.25, 0.3) is 0 Å². The first-order chi connectivity index (χ1) is 13.9. The van der Waals surface area contributed by atoms with E-state index in [-0.39, 0.29) is 13.2 Å². The molecule has 0 saturated carbocycles. The van der Waals surface area contributed by atoms with E-state index in [2.05, 4.69) is 5.32 Å². The summed E-state index contributed by atoms with van der Waals surface area (Å²) in [6.07, 6.45) is 2.46. The molecule has 0 aliphatic rings. The van der Waals surface area contributed by atoms with E-state index in [1.165, 1.54) is 7.11 Å². The van der Waals surface area contributed by atoms with Crippen molar-refractivity contribution in [3.8, 4) is 11.5 Å². The number of carbonyl (C=O) groups is 1. The number of ether oxygens (including phenoxy) is 2. The molecule has 0 fully saturated rings. The number of aliphatic carboxylic acids is 1. The van der Waals surface area contributed by atoms with Crippen molar-refractivity contribution in [2.24, 2.45) is 0 Å². The Hall–Kier alpha value is -1.31. The molecule has 0 heterocycles. The first-order valence-corrected chi connectivity index (χ1v) is 11.3. The van der Waals surface area contributed by atoms with E-state index in [4.69, 9.17) is 44.3 Å². The number of carboxylic acids is 1. The molecule has 0 aliphatic heterocycles. The molecule has 2 aromatic rings. The van der Waals surface area contributed by atoms with Crippen LogP contribution in [0.1, 0.15) is 17.5 Å². The van der Waals surface area contributed by atoms with Gasteiger partial charge in [-0.3, -0.25) is 4.79 Å². The van der Waals surface area contributed by atoms with E-state index in [1.54, 1.807) is 42.1 Å². The van der Waals surface area contributed by atoms with E-state index in [0.717, 1.165) is 5.75 Å². The molecule has 158 valence electrons. The Balaban J connectivity index is 2.13. The van der Waals surface area contributed by atoms with Gasteiger partial charge in [0.05, 0.1) is 7.11 Å². The minimum absolute atomic E-state index is 0.151. The van der Waals surface area contributed by atoms with Gasteiger partial charge < -0.3 is 19.9 Å². The molecule has 5 nitrogen and oxygen atoms in total. The Morgan fingerprint density at radius 3 is 2.45 bits per heavy atom. The Morgan fingerprint density at radius 1 is 1.17 bits per heavy atom. The van der Waals surface area contributed by atoms with Crippen molar-refractivity contribution in [2.75, 3.05) is 19.1 Å². The zero-order chi connectivity index (χ0) is 21.4. The molecule has 0 aliphatic carbocycles. The first-order valence-electron chi connectivity index (χ1n) is 8.74. The van der Waals surface area contributed by atoms with E-state index in [0.29, 0.717) is 44.1 Å². The Kier molecular flexibility index (Phi) is 9.72. The molecule has 0 spiro atoms. The van der Waals surface area contributed by atoms with Gasteiger partial charge in [0, 0.05) is 33.2 Å². The van der Waals surface area contributed by atoms with Crippen LogP contribution in [-0.4, -0.2) is 36.2 Å². The van der Waals surface area contributed by atoms with Crippen molar-refractivity contribution >= 4 is 52.5 Å². The summed E-state index contributed by atoms with van der Waals surface area (Å²) in [6.45, 7) is 0.440. The lowest BCUT2D eigenvalue weighted by Gasteiger charge is -2.17. The molecule has 0 radical (unpaired) electrons. The fraction of sp³-hybridized carbons (Fsp3) is 0.350. The normalized spacial score (nSPS) is 11.9. The highest BCUT2D eigenvalue weighted by atomic mass is 35.5. The van der Waals surface area contributed by atoms with Crippen molar-refractivity contribution in [1.82, 2.24) is 5.32 Å². The van der Waals surface area contributed by atoms with E-state index in [1.807, 2.05) is 6.26 Å². The van der Waals surface area contributed by atoms with Gasteiger partial charge in [-0.15, -0.1) is 0 Å². The van der Waals surface area contributed by atoms with Gasteiger partial charge in [0.2, 0.25) is 0 Å². The maximum atomic E-state index is 11.4. The van der Waals surface area contributed by atoms with Crippen molar-refractivity contribution in [3.05, 3.63) is 56.5 Å². The van der Waals surface area contributed by atoms with Crippen LogP contribution in [0.2, 0.25) is 15.1 Å². The monoisotopic (exact) mass is 477 g/mol. The molecular weight excluding hydrogens is 457 g/mol. The standard InChI is InChI=1S/C20H22Cl3NO4S/c1-27-18-8-12(10-24-17(20(25)26)6-7-29-2)16(23)9-19(18)28-11-13-14(21)4-3-5-15(13)22/h3-5,8-9,17,24H,6-7,10-11H2,1-2H3,(H,25,26). The molecule has 0 bridgehead atoms. The van der Waals surface area contributed by atoms with Crippen molar-refractivity contribution < 1.29 is 19.4 Å². The summed E-state index contributed by atoms with van der Waals surface area (Å²) in [5.41, 5.74) is 1.37. The van der Waals surface area contributed by atoms with Crippen LogP contribution in [-0.2, 0) is 17.9 Å². The number of benzene rings is 2. The van der Waals surface area contributed by atoms with Crippen LogP contribution >= 0.6 is 46.6 Å². The third-order valence-electron chi connectivity index (χ3n) is 4.21. The summed E-state index contributed by atoms with van der Waals surface area (Å²) in [6, 6.07) is 7.95. The summed E-state index contributed by atoms with van der Waals surface area (Å²) in [5.74, 6) is 0.775. The number of halogens is 3. The average Bonchev–Trinajstić information content (AvgIpc) is 2.68. The topological polar surface area (TPSA) is 67.8 Å². The molecule has 2 aromatic carbocycles. The predicted molar refractivity (Wildman–Crippen MR) is 120 cm³/mol. The molecule has 9 heteroatoms. The van der Waals surface area contributed by atoms with Gasteiger partial charge in [-0.2, -0.15) is 11.8 Å². The van der Waals surface area contributed by atoms with Gasteiger partial charge in [-0.25, -0.2) is 0 Å². The SMILES string of the molecule is COc1cc(CNC(CCSC)C(=O)O)c(Cl)cc1OCc1c(Cl)cccc1Cl. The van der Waals surface area contributed by atoms with E-state index < -0.39 is 12.0 Å². The molecule has 0 saturated heterocycles. The van der Waals surface area contributed by atoms with Crippen molar-refractivity contribution in [2.45, 2.75) is 25.6 Å². The highest BCUT2D eigenvalue weighted by molar-refractivity contribution is 7.98. The van der Waals surface area contributed by atoms with Crippen molar-refractivity contribution in [1.29, 1.82) is 0 Å². The van der Waals surface area contributed by atoms with Gasteiger partial charge in [0.15, 0.2) is 11.5 Å². The average molecular weight is 479 g/mol. The molecule has 2 rings (SSSR count). The smallest absolute Gasteiger partial charge is 0.320 e. The van der Waals surface area contributed by atoms with E-state index in [9.17, 15) is 9.90 Å². The maximum Gasteiger partial charge on any atom is 0.320 e. The summed E-state index contributed by atoms with van der Waals surface area (Å²) in [5, 5.41) is 13.8. The molecule has 1 unspecified atom stereocenters. The number of methoxy groups -OCH3 is 1. The Morgan fingerprint density at radius 2 is 1.86 bits per heavy atom. The number of carboxylic acid groups (broad SMARTS) is 1. The fourth-order valence-corrected chi connectivity index (χ4v) is 3.79. The second-order valence-electron chi connectivity index (χ2n) is 6.14. The number of hydrogen-bond acceptors (Lipinski definition) is 5. The number of hydrogen-bond donors (Lipinski definition) is 2. The zero-order valence-corrected chi connectivity index (χ0v) is 19.1. The molecule has 2 N–H and O–H groups in total. The van der Waals surface area contributed by atoms with Gasteiger partial charge in [-0.1, -0.05) is 40.9 Å². The lowest BCUT2D eigenvalue weighted by molar-refractivity contribution is -0.139. The summed E-state index contributed by atoms with van der Waals surface area (Å²) in [7, 11) is 1.52. The highest BCUT2D eigenvalue weighted by Crippen LogP contribution is 2.35. The second kappa shape index (κ2) is 11.8. The molecule has 0 aromatic heterocycles. The van der Waals surface area contributed by atoms with Crippen LogP contribution in [0.5, 0.6) is 11.5 Å². The van der Waals surface area contributed by atoms with Crippen LogP contribution < -0.4 is 14.8 Å². The number of nitrogens with one attached hydrogen (secondary N) is 1. The largest absolute Gasteiger partial charge is 0.493 e. The van der Waals surface area contributed by atoms with Crippen molar-refractivity contribution in [3.63, 3.8) is 0 Å². The second-order valence-corrected chi connectivity index (χ2v) is 8.34. The lowest BCUT2D eigenvalue weighted by Crippen LogP contribution is -2.36. The molecule has 1 atom stereocenters. The highest BCUT2D eigenvalue weighted by Gasteiger charge is 2.18. The Bertz CT molecular complexity index is 830. The first kappa shape index (κ1) is 24.0. The Labute approximate surface area is 189 Å². The van der Waals surface area contributed by atoms with Crippen LogP contribution in [0.15, 0.2) is 30.3 Å². The molecule has 0 amide bonds. The van der Waals surface area contributed by atoms with Gasteiger partial charge >= 0.3 is 5.97 Å².